The van der Waals surface area contributed by atoms with Gasteiger partial charge in [-0.25, -0.2) is 0 Å². The Hall–Kier alpha value is -6.06. The molecule has 3 nitrogen and oxygen atoms in total. The van der Waals surface area contributed by atoms with E-state index in [4.69, 9.17) is 0 Å². The number of rotatable bonds is 5. The number of benzene rings is 6. The predicted molar refractivity (Wildman–Crippen MR) is 225 cm³/mol. The van der Waals surface area contributed by atoms with Crippen LogP contribution >= 0.6 is 0 Å². The quantitative estimate of drug-likeness (QED) is 0.128. The molecule has 9 rings (SSSR count). The number of hydrogen-bond donors (Lipinski definition) is 0. The molecule has 55 heavy (non-hydrogen) atoms. The fourth-order valence-corrected chi connectivity index (χ4v) is 7.00. The van der Waals surface area contributed by atoms with Crippen LogP contribution in [0.5, 0.6) is 0 Å². The van der Waals surface area contributed by atoms with Gasteiger partial charge in [-0.3, -0.25) is 4.98 Å². The van der Waals surface area contributed by atoms with Gasteiger partial charge in [-0.15, -0.1) is 59.2 Å². The second-order valence-corrected chi connectivity index (χ2v) is 13.8. The van der Waals surface area contributed by atoms with Gasteiger partial charge in [0, 0.05) is 44.1 Å². The molecule has 9 aromatic rings. The summed E-state index contributed by atoms with van der Waals surface area (Å²) in [7, 11) is 0. The normalized spacial score (nSPS) is 10.8. The Morgan fingerprint density at radius 2 is 1.24 bits per heavy atom. The smallest absolute Gasteiger partial charge is 0.0714 e. The number of aryl methyl sites for hydroxylation is 4. The zero-order chi connectivity index (χ0) is 37.0. The molecular formula is C51H39IrN3-2. The van der Waals surface area contributed by atoms with Crippen LogP contribution in [0.2, 0.25) is 0 Å². The first-order valence-corrected chi connectivity index (χ1v) is 18.3. The maximum absolute atomic E-state index is 4.68. The standard InChI is InChI=1S/C34H27N2.C17H12N.Ir/c1-21-10-13-28-29-9-6-14-35-34(29)19-31(32(28)15-21)26-8-5-7-25(17-26)30-18-27(12-11-22(30)2)33-16-23(3)24(4)20-36-33;1-2-8-14(9-3-1)15-10-4-5-11-16(15)17-12-6-7-13-18-17;/h5-11,13-20H,1-4H3;1-10,12-13H;/q2*-1;. The Balaban J connectivity index is 0.000000206. The third-order valence-electron chi connectivity index (χ3n) is 10.0. The maximum Gasteiger partial charge on any atom is 0.0714 e. The van der Waals surface area contributed by atoms with Crippen molar-refractivity contribution in [2.45, 2.75) is 27.7 Å². The van der Waals surface area contributed by atoms with Gasteiger partial charge >= 0.3 is 0 Å². The van der Waals surface area contributed by atoms with Gasteiger partial charge in [0.1, 0.15) is 0 Å². The van der Waals surface area contributed by atoms with E-state index in [9.17, 15) is 0 Å². The first-order valence-electron chi connectivity index (χ1n) is 18.3. The molecule has 3 heterocycles. The summed E-state index contributed by atoms with van der Waals surface area (Å²) < 4.78 is 0. The first kappa shape index (κ1) is 37.3. The van der Waals surface area contributed by atoms with Crippen LogP contribution in [-0.4, -0.2) is 15.0 Å². The number of pyridine rings is 3. The van der Waals surface area contributed by atoms with Crippen molar-refractivity contribution in [3.05, 3.63) is 199 Å². The molecule has 0 N–H and O–H groups in total. The van der Waals surface area contributed by atoms with E-state index in [2.05, 4.69) is 146 Å². The van der Waals surface area contributed by atoms with Crippen LogP contribution in [0.1, 0.15) is 22.3 Å². The minimum absolute atomic E-state index is 0. The molecule has 0 aliphatic rings. The summed E-state index contributed by atoms with van der Waals surface area (Å²) in [4.78, 5) is 13.8. The summed E-state index contributed by atoms with van der Waals surface area (Å²) >= 11 is 0. The van der Waals surface area contributed by atoms with Crippen molar-refractivity contribution in [3.8, 4) is 55.9 Å². The van der Waals surface area contributed by atoms with E-state index in [1.807, 2.05) is 73.2 Å². The third-order valence-corrected chi connectivity index (χ3v) is 10.0. The molecular weight excluding hydrogens is 847 g/mol. The van der Waals surface area contributed by atoms with Gasteiger partial charge in [0.05, 0.1) is 5.52 Å². The fraction of sp³-hybridized carbons (Fsp3) is 0.0784. The minimum Gasteiger partial charge on any atom is -0.305 e. The van der Waals surface area contributed by atoms with E-state index in [0.717, 1.165) is 33.6 Å². The zero-order valence-electron chi connectivity index (χ0n) is 31.3. The number of fused-ring (bicyclic) bond motifs is 3. The van der Waals surface area contributed by atoms with Gasteiger partial charge in [0.2, 0.25) is 0 Å². The van der Waals surface area contributed by atoms with Crippen molar-refractivity contribution < 1.29 is 20.1 Å². The van der Waals surface area contributed by atoms with Crippen LogP contribution in [0.3, 0.4) is 0 Å². The molecule has 0 aliphatic carbocycles. The molecule has 0 amide bonds. The van der Waals surface area contributed by atoms with Crippen molar-refractivity contribution in [2.24, 2.45) is 0 Å². The number of aromatic nitrogens is 3. The molecule has 0 saturated carbocycles. The van der Waals surface area contributed by atoms with E-state index in [-0.39, 0.29) is 20.1 Å². The summed E-state index contributed by atoms with van der Waals surface area (Å²) in [6, 6.07) is 57.4. The van der Waals surface area contributed by atoms with E-state index < -0.39 is 0 Å². The van der Waals surface area contributed by atoms with Crippen molar-refractivity contribution in [1.29, 1.82) is 0 Å². The van der Waals surface area contributed by atoms with Crippen LogP contribution in [0.4, 0.5) is 0 Å². The van der Waals surface area contributed by atoms with Crippen LogP contribution in [-0.2, 0) is 20.1 Å². The summed E-state index contributed by atoms with van der Waals surface area (Å²) in [6.07, 6.45) is 5.62. The zero-order valence-corrected chi connectivity index (χ0v) is 33.7. The van der Waals surface area contributed by atoms with Crippen LogP contribution < -0.4 is 0 Å². The maximum atomic E-state index is 4.68. The Kier molecular flexibility index (Phi) is 11.2. The average Bonchev–Trinajstić information content (AvgIpc) is 3.22. The van der Waals surface area contributed by atoms with Crippen molar-refractivity contribution >= 4 is 21.7 Å². The van der Waals surface area contributed by atoms with Gasteiger partial charge < -0.3 is 9.97 Å². The second kappa shape index (κ2) is 16.5. The molecule has 3 aromatic heterocycles. The Morgan fingerprint density at radius 1 is 0.455 bits per heavy atom. The van der Waals surface area contributed by atoms with Crippen LogP contribution in [0, 0.1) is 39.8 Å². The van der Waals surface area contributed by atoms with Crippen molar-refractivity contribution in [1.82, 2.24) is 15.0 Å². The van der Waals surface area contributed by atoms with E-state index >= 15 is 0 Å². The predicted octanol–water partition coefficient (Wildman–Crippen LogP) is 13.0. The minimum atomic E-state index is 0. The molecule has 1 radical (unpaired) electrons. The van der Waals surface area contributed by atoms with Gasteiger partial charge in [0.15, 0.2) is 0 Å². The van der Waals surface area contributed by atoms with E-state index in [1.165, 1.54) is 66.2 Å². The SMILES string of the molecule is Cc1ccc2c(c1)c(-c1cccc(-c3cc(-c4cc(C)c(C)cn4)[c-]cc3C)c1)cc1ncccc12.[Ir].[c-]1cccc(-c2ccccc2)c1-c1ccccn1. The van der Waals surface area contributed by atoms with Crippen molar-refractivity contribution in [3.63, 3.8) is 0 Å². The van der Waals surface area contributed by atoms with Gasteiger partial charge in [0.25, 0.3) is 0 Å². The summed E-state index contributed by atoms with van der Waals surface area (Å²) in [5.74, 6) is 0. The topological polar surface area (TPSA) is 38.7 Å². The summed E-state index contributed by atoms with van der Waals surface area (Å²) in [6.45, 7) is 8.52. The number of nitrogens with zero attached hydrogens (tertiary/aromatic N) is 3. The number of hydrogen-bond acceptors (Lipinski definition) is 3. The largest absolute Gasteiger partial charge is 0.305 e. The second-order valence-electron chi connectivity index (χ2n) is 13.8. The van der Waals surface area contributed by atoms with Gasteiger partial charge in [-0.05, 0) is 89.5 Å². The van der Waals surface area contributed by atoms with Crippen LogP contribution in [0.25, 0.3) is 77.6 Å². The molecule has 0 spiro atoms. The summed E-state index contributed by atoms with van der Waals surface area (Å²) in [5.41, 5.74) is 17.0. The molecule has 4 heteroatoms. The molecule has 6 aromatic carbocycles. The molecule has 0 bridgehead atoms. The fourth-order valence-electron chi connectivity index (χ4n) is 7.00. The van der Waals surface area contributed by atoms with E-state index in [1.54, 1.807) is 0 Å². The molecule has 0 saturated heterocycles. The van der Waals surface area contributed by atoms with E-state index in [0.29, 0.717) is 0 Å². The molecule has 0 fully saturated rings. The van der Waals surface area contributed by atoms with Gasteiger partial charge in [-0.2, -0.15) is 0 Å². The van der Waals surface area contributed by atoms with Crippen LogP contribution in [0.15, 0.2) is 164 Å². The Bertz CT molecular complexity index is 2700. The Labute approximate surface area is 337 Å². The van der Waals surface area contributed by atoms with Crippen molar-refractivity contribution in [2.75, 3.05) is 0 Å². The molecule has 0 aliphatic heterocycles. The third kappa shape index (κ3) is 7.93. The Morgan fingerprint density at radius 3 is 2.04 bits per heavy atom. The summed E-state index contributed by atoms with van der Waals surface area (Å²) in [5, 5.41) is 3.68. The first-order chi connectivity index (χ1) is 26.4. The molecule has 269 valence electrons. The molecule has 0 unspecified atom stereocenters. The molecule has 0 atom stereocenters. The van der Waals surface area contributed by atoms with Gasteiger partial charge in [-0.1, -0.05) is 126 Å². The monoisotopic (exact) mass is 886 g/mol. The average molecular weight is 886 g/mol.